The second-order valence-corrected chi connectivity index (χ2v) is 6.51. The lowest BCUT2D eigenvalue weighted by Crippen LogP contribution is -2.13. The number of aromatic nitrogens is 3. The zero-order valence-electron chi connectivity index (χ0n) is 14.8. The van der Waals surface area contributed by atoms with Crippen LogP contribution in [0.5, 0.6) is 5.75 Å². The fraction of sp³-hybridized carbons (Fsp3) is 0.190. The van der Waals surface area contributed by atoms with Crippen LogP contribution in [0.15, 0.2) is 54.6 Å². The van der Waals surface area contributed by atoms with E-state index in [1.165, 1.54) is 12.1 Å². The van der Waals surface area contributed by atoms with Crippen LogP contribution in [0.1, 0.15) is 30.0 Å². The number of nitrogens with one attached hydrogen (secondary N) is 1. The van der Waals surface area contributed by atoms with Crippen molar-refractivity contribution in [3.05, 3.63) is 71.7 Å². The first kappa shape index (κ1) is 17.1. The molecule has 2 aromatic carbocycles. The lowest BCUT2D eigenvalue weighted by atomic mass is 9.81. The maximum absolute atomic E-state index is 13.2. The second kappa shape index (κ2) is 7.15. The van der Waals surface area contributed by atoms with Crippen LogP contribution in [0.25, 0.3) is 16.8 Å². The van der Waals surface area contributed by atoms with E-state index in [2.05, 4.69) is 15.4 Å². The first-order valence-electron chi connectivity index (χ1n) is 8.69. The number of carbonyl (C=O) groups is 1. The van der Waals surface area contributed by atoms with Crippen molar-refractivity contribution in [3.8, 4) is 17.0 Å². The van der Waals surface area contributed by atoms with Gasteiger partial charge in [0.25, 0.3) is 0 Å². The van der Waals surface area contributed by atoms with Crippen LogP contribution in [0, 0.1) is 5.82 Å². The molecule has 1 N–H and O–H groups in total. The number of para-hydroxylation sites is 1. The molecule has 0 saturated heterocycles. The van der Waals surface area contributed by atoms with Crippen molar-refractivity contribution in [2.75, 3.05) is 7.11 Å². The highest BCUT2D eigenvalue weighted by molar-refractivity contribution is 6.00. The number of allylic oxidation sites excluding steroid dienone is 2. The number of rotatable bonds is 4. The number of aromatic amines is 1. The molecular formula is C21H18FN3O2. The van der Waals surface area contributed by atoms with Gasteiger partial charge in [0.15, 0.2) is 5.78 Å². The number of hydrogen-bond acceptors (Lipinski definition) is 4. The van der Waals surface area contributed by atoms with Gasteiger partial charge in [0.1, 0.15) is 23.0 Å². The van der Waals surface area contributed by atoms with E-state index >= 15 is 0 Å². The Morgan fingerprint density at radius 3 is 2.56 bits per heavy atom. The number of hydrogen-bond donors (Lipinski definition) is 1. The van der Waals surface area contributed by atoms with E-state index < -0.39 is 0 Å². The minimum atomic E-state index is -0.286. The normalized spacial score (nSPS) is 16.9. The van der Waals surface area contributed by atoms with Gasteiger partial charge in [-0.1, -0.05) is 24.3 Å². The molecule has 1 aromatic heterocycles. The Kier molecular flexibility index (Phi) is 4.54. The summed E-state index contributed by atoms with van der Waals surface area (Å²) in [6.45, 7) is 0. The summed E-state index contributed by atoms with van der Waals surface area (Å²) in [5.74, 6) is 0.414. The van der Waals surface area contributed by atoms with Crippen LogP contribution in [0.3, 0.4) is 0 Å². The number of benzene rings is 2. The van der Waals surface area contributed by atoms with Crippen molar-refractivity contribution in [1.82, 2.24) is 15.4 Å². The van der Waals surface area contributed by atoms with Gasteiger partial charge in [-0.15, -0.1) is 0 Å². The van der Waals surface area contributed by atoms with Crippen LogP contribution >= 0.6 is 0 Å². The number of ketones is 1. The number of ether oxygens (including phenoxy) is 1. The van der Waals surface area contributed by atoms with Gasteiger partial charge in [-0.05, 0) is 53.8 Å². The predicted molar refractivity (Wildman–Crippen MR) is 99.7 cm³/mol. The Bertz CT molecular complexity index is 1010. The summed E-state index contributed by atoms with van der Waals surface area (Å²) >= 11 is 0. The lowest BCUT2D eigenvalue weighted by molar-refractivity contribution is -0.115. The maximum atomic E-state index is 13.2. The molecule has 27 heavy (non-hydrogen) atoms. The molecule has 136 valence electrons. The summed E-state index contributed by atoms with van der Waals surface area (Å²) < 4.78 is 18.7. The summed E-state index contributed by atoms with van der Waals surface area (Å²) in [5.41, 5.74) is 3.85. The molecule has 1 atom stereocenters. The third-order valence-electron chi connectivity index (χ3n) is 4.80. The minimum Gasteiger partial charge on any atom is -0.496 e. The van der Waals surface area contributed by atoms with E-state index in [0.717, 1.165) is 16.7 Å². The second-order valence-electron chi connectivity index (χ2n) is 6.51. The van der Waals surface area contributed by atoms with Crippen molar-refractivity contribution >= 4 is 11.4 Å². The van der Waals surface area contributed by atoms with Gasteiger partial charge in [-0.25, -0.2) is 4.39 Å². The third kappa shape index (κ3) is 3.38. The van der Waals surface area contributed by atoms with E-state index in [0.29, 0.717) is 30.0 Å². The molecule has 0 spiro atoms. The maximum Gasteiger partial charge on any atom is 0.156 e. The molecular weight excluding hydrogens is 345 g/mol. The van der Waals surface area contributed by atoms with Gasteiger partial charge < -0.3 is 4.74 Å². The minimum absolute atomic E-state index is 0.0136. The van der Waals surface area contributed by atoms with E-state index in [1.807, 2.05) is 24.3 Å². The van der Waals surface area contributed by atoms with E-state index in [1.54, 1.807) is 25.3 Å². The summed E-state index contributed by atoms with van der Waals surface area (Å²) in [6, 6.07) is 13.9. The number of nitrogens with zero attached hydrogens (tertiary/aromatic N) is 2. The highest BCUT2D eigenvalue weighted by Gasteiger charge is 2.27. The van der Waals surface area contributed by atoms with Crippen molar-refractivity contribution < 1.29 is 13.9 Å². The first-order valence-corrected chi connectivity index (χ1v) is 8.69. The van der Waals surface area contributed by atoms with Crippen LogP contribution in [0.2, 0.25) is 0 Å². The molecule has 3 aromatic rings. The van der Waals surface area contributed by atoms with Gasteiger partial charge in [0, 0.05) is 12.0 Å². The molecule has 0 saturated carbocycles. The highest BCUT2D eigenvalue weighted by Crippen LogP contribution is 2.39. The molecule has 0 fully saturated rings. The van der Waals surface area contributed by atoms with Crippen LogP contribution in [-0.4, -0.2) is 28.3 Å². The van der Waals surface area contributed by atoms with Gasteiger partial charge in [-0.3, -0.25) is 4.79 Å². The summed E-state index contributed by atoms with van der Waals surface area (Å²) in [4.78, 5) is 12.4. The van der Waals surface area contributed by atoms with Crippen LogP contribution in [0.4, 0.5) is 4.39 Å². The Balaban J connectivity index is 1.71. The molecule has 5 nitrogen and oxygen atoms in total. The first-order chi connectivity index (χ1) is 13.2. The lowest BCUT2D eigenvalue weighted by Gasteiger charge is -2.22. The van der Waals surface area contributed by atoms with Crippen molar-refractivity contribution in [3.63, 3.8) is 0 Å². The van der Waals surface area contributed by atoms with Crippen molar-refractivity contribution in [2.24, 2.45) is 0 Å². The molecule has 0 amide bonds. The van der Waals surface area contributed by atoms with Gasteiger partial charge >= 0.3 is 0 Å². The summed E-state index contributed by atoms with van der Waals surface area (Å²) in [5, 5.41) is 11.2. The Morgan fingerprint density at radius 1 is 1.04 bits per heavy atom. The largest absolute Gasteiger partial charge is 0.496 e. The van der Waals surface area contributed by atoms with E-state index in [9.17, 15) is 9.18 Å². The fourth-order valence-corrected chi connectivity index (χ4v) is 3.51. The molecule has 6 heteroatoms. The molecule has 0 radical (unpaired) electrons. The van der Waals surface area contributed by atoms with Crippen molar-refractivity contribution in [2.45, 2.75) is 18.8 Å². The average Bonchev–Trinajstić information content (AvgIpc) is 3.17. The Labute approximate surface area is 155 Å². The molecule has 0 unspecified atom stereocenters. The van der Waals surface area contributed by atoms with Gasteiger partial charge in [-0.2, -0.15) is 15.4 Å². The quantitative estimate of drug-likeness (QED) is 0.756. The summed E-state index contributed by atoms with van der Waals surface area (Å²) in [6.07, 6.45) is 2.67. The number of methoxy groups -OCH3 is 1. The molecule has 0 aliphatic heterocycles. The van der Waals surface area contributed by atoms with Gasteiger partial charge in [0.2, 0.25) is 0 Å². The molecule has 0 bridgehead atoms. The van der Waals surface area contributed by atoms with Crippen LogP contribution in [-0.2, 0) is 4.79 Å². The smallest absolute Gasteiger partial charge is 0.156 e. The molecule has 1 aliphatic rings. The molecule has 1 aliphatic carbocycles. The van der Waals surface area contributed by atoms with Crippen molar-refractivity contribution in [1.29, 1.82) is 0 Å². The average molecular weight is 363 g/mol. The zero-order chi connectivity index (χ0) is 18.8. The topological polar surface area (TPSA) is 67.9 Å². The highest BCUT2D eigenvalue weighted by atomic mass is 19.1. The fourth-order valence-electron chi connectivity index (χ4n) is 3.51. The summed E-state index contributed by atoms with van der Waals surface area (Å²) in [7, 11) is 1.60. The standard InChI is InChI=1S/C21H18FN3O2/c1-27-19-5-3-2-4-18(19)21-20(23-25-24-21)15-10-14(11-17(26)12-15)13-6-8-16(22)9-7-13/h2-9,12,14H,10-11H2,1H3,(H,23,24,25)/t14-/m1/s1. The number of H-pyrrole nitrogens is 1. The Hall–Kier alpha value is -3.28. The van der Waals surface area contributed by atoms with E-state index in [-0.39, 0.29) is 17.5 Å². The van der Waals surface area contributed by atoms with Crippen LogP contribution < -0.4 is 4.74 Å². The molecule has 4 rings (SSSR count). The SMILES string of the molecule is COc1ccccc1-c1n[nH]nc1C1=CC(=O)C[C@H](c2ccc(F)cc2)C1. The predicted octanol–water partition coefficient (Wildman–Crippen LogP) is 4.15. The third-order valence-corrected chi connectivity index (χ3v) is 4.80. The number of halogens is 1. The monoisotopic (exact) mass is 363 g/mol. The zero-order valence-corrected chi connectivity index (χ0v) is 14.8. The van der Waals surface area contributed by atoms with Gasteiger partial charge in [0.05, 0.1) is 7.11 Å². The number of carbonyl (C=O) groups excluding carboxylic acids is 1. The van der Waals surface area contributed by atoms with E-state index in [4.69, 9.17) is 4.74 Å². The molecule has 1 heterocycles. The Morgan fingerprint density at radius 2 is 1.78 bits per heavy atom.